The van der Waals surface area contributed by atoms with Crippen LogP contribution in [0.4, 0.5) is 20.2 Å². The number of likely N-dealkylation sites (N-methyl/N-ethyl adjacent to an activating group) is 1. The molecule has 2 unspecified atom stereocenters. The van der Waals surface area contributed by atoms with Crippen molar-refractivity contribution in [3.63, 3.8) is 0 Å². The average Bonchev–Trinajstić information content (AvgIpc) is 3.00. The summed E-state index contributed by atoms with van der Waals surface area (Å²) in [5.74, 6) is -0.224. The quantitative estimate of drug-likeness (QED) is 0.737. The van der Waals surface area contributed by atoms with Crippen LogP contribution in [-0.4, -0.2) is 36.5 Å². The molecule has 0 bridgehead atoms. The lowest BCUT2D eigenvalue weighted by Gasteiger charge is -2.29. The van der Waals surface area contributed by atoms with Gasteiger partial charge in [-0.1, -0.05) is 48.6 Å². The fourth-order valence-electron chi connectivity index (χ4n) is 3.80. The fourth-order valence-corrected chi connectivity index (χ4v) is 3.80. The molecule has 1 aliphatic heterocycles. The third kappa shape index (κ3) is 3.94. The summed E-state index contributed by atoms with van der Waals surface area (Å²) in [5.41, 5.74) is 7.48. The number of nitrogens with one attached hydrogen (secondary N) is 1. The van der Waals surface area contributed by atoms with Gasteiger partial charge < -0.3 is 15.8 Å². The third-order valence-electron chi connectivity index (χ3n) is 5.34. The smallest absolute Gasteiger partial charge is 0.345 e. The molecule has 2 aliphatic rings. The predicted molar refractivity (Wildman–Crippen MR) is 115 cm³/mol. The summed E-state index contributed by atoms with van der Waals surface area (Å²) in [6.45, 7) is -2.87. The highest BCUT2D eigenvalue weighted by Crippen LogP contribution is 2.42. The van der Waals surface area contributed by atoms with Crippen LogP contribution in [0.1, 0.15) is 12.0 Å². The van der Waals surface area contributed by atoms with Crippen LogP contribution in [0.3, 0.4) is 0 Å². The number of rotatable bonds is 6. The van der Waals surface area contributed by atoms with Crippen molar-refractivity contribution in [2.75, 3.05) is 12.4 Å². The predicted octanol–water partition coefficient (Wildman–Crippen LogP) is 3.91. The highest BCUT2D eigenvalue weighted by molar-refractivity contribution is 6.09. The second-order valence-corrected chi connectivity index (χ2v) is 7.31. The second kappa shape index (κ2) is 8.31. The summed E-state index contributed by atoms with van der Waals surface area (Å²) in [5, 5.41) is 3.31. The molecule has 0 aromatic heterocycles. The Kier molecular flexibility index (Phi) is 5.56. The summed E-state index contributed by atoms with van der Waals surface area (Å²) in [7, 11) is 1.56. The Bertz CT molecular complexity index is 1070. The highest BCUT2D eigenvalue weighted by Gasteiger charge is 2.50. The molecule has 0 spiro atoms. The lowest BCUT2D eigenvalue weighted by molar-refractivity contribution is -0.149. The Morgan fingerprint density at radius 3 is 2.55 bits per heavy atom. The van der Waals surface area contributed by atoms with Crippen LogP contribution in [0.5, 0.6) is 0 Å². The topological polar surface area (TPSA) is 80.0 Å². The number of para-hydroxylation sites is 1. The van der Waals surface area contributed by atoms with Crippen LogP contribution in [0.25, 0.3) is 0 Å². The lowest BCUT2D eigenvalue weighted by Crippen LogP contribution is -2.41. The molecule has 2 aromatic carbocycles. The first-order valence-corrected chi connectivity index (χ1v) is 9.78. The van der Waals surface area contributed by atoms with Crippen molar-refractivity contribution in [1.82, 2.24) is 4.90 Å². The Morgan fingerprint density at radius 2 is 1.94 bits per heavy atom. The summed E-state index contributed by atoms with van der Waals surface area (Å²) in [6.07, 6.45) is 4.28. The molecule has 160 valence electrons. The van der Waals surface area contributed by atoms with E-state index in [0.717, 1.165) is 11.4 Å². The zero-order valence-corrected chi connectivity index (χ0v) is 16.8. The molecule has 0 saturated carbocycles. The van der Waals surface area contributed by atoms with Gasteiger partial charge in [0, 0.05) is 18.4 Å². The molecule has 2 aromatic rings. The monoisotopic (exact) mass is 424 g/mol. The van der Waals surface area contributed by atoms with Crippen molar-refractivity contribution in [1.29, 1.82) is 0 Å². The van der Waals surface area contributed by atoms with Crippen LogP contribution in [-0.2, 0) is 15.1 Å². The van der Waals surface area contributed by atoms with Gasteiger partial charge in [-0.05, 0) is 41.8 Å². The average molecular weight is 424 g/mol. The first-order valence-electron chi connectivity index (χ1n) is 9.78. The van der Waals surface area contributed by atoms with Crippen molar-refractivity contribution in [2.24, 2.45) is 10.7 Å². The van der Waals surface area contributed by atoms with Gasteiger partial charge in [-0.3, -0.25) is 9.69 Å². The Morgan fingerprint density at radius 1 is 1.19 bits per heavy atom. The second-order valence-electron chi connectivity index (χ2n) is 7.31. The zero-order valence-electron chi connectivity index (χ0n) is 16.8. The summed E-state index contributed by atoms with van der Waals surface area (Å²) in [4.78, 5) is 19.2. The third-order valence-corrected chi connectivity index (χ3v) is 5.34. The zero-order chi connectivity index (χ0) is 22.0. The molecular formula is C23H22F2N4O2. The van der Waals surface area contributed by atoms with Crippen molar-refractivity contribution in [2.45, 2.75) is 24.7 Å². The molecule has 0 saturated heterocycles. The van der Waals surface area contributed by atoms with Crippen LogP contribution in [0.2, 0.25) is 0 Å². The van der Waals surface area contributed by atoms with Crippen molar-refractivity contribution in [3.8, 4) is 0 Å². The van der Waals surface area contributed by atoms with Gasteiger partial charge in [0.15, 0.2) is 11.5 Å². The molecule has 8 heteroatoms. The molecule has 4 rings (SSSR count). The lowest BCUT2D eigenvalue weighted by atomic mass is 9.79. The Labute approximate surface area is 178 Å². The van der Waals surface area contributed by atoms with E-state index in [0.29, 0.717) is 11.1 Å². The van der Waals surface area contributed by atoms with Gasteiger partial charge in [0.25, 0.3) is 5.91 Å². The maximum absolute atomic E-state index is 13.4. The highest BCUT2D eigenvalue weighted by atomic mass is 19.3. The SMILES string of the molecule is CN1C(=O)C(C2=CCC(OC(F)F)C=C2)(c2cccc(Nc3ccccc3)c2)N=C1N. The minimum Gasteiger partial charge on any atom is -0.369 e. The molecule has 31 heavy (non-hydrogen) atoms. The molecule has 2 atom stereocenters. The Hall–Kier alpha value is -3.52. The summed E-state index contributed by atoms with van der Waals surface area (Å²) < 4.78 is 29.7. The number of benzene rings is 2. The van der Waals surface area contributed by atoms with Gasteiger partial charge in [-0.2, -0.15) is 8.78 Å². The van der Waals surface area contributed by atoms with Gasteiger partial charge >= 0.3 is 6.61 Å². The molecule has 6 nitrogen and oxygen atoms in total. The van der Waals surface area contributed by atoms with E-state index in [1.54, 1.807) is 25.3 Å². The number of alkyl halides is 2. The van der Waals surface area contributed by atoms with Crippen molar-refractivity contribution in [3.05, 3.63) is 84.0 Å². The van der Waals surface area contributed by atoms with Crippen molar-refractivity contribution < 1.29 is 18.3 Å². The van der Waals surface area contributed by atoms with E-state index in [2.05, 4.69) is 15.0 Å². The standard InChI is InChI=1S/C23H22F2N4O2/c1-29-20(30)23(28-22(29)26,15-10-12-19(13-11-15)31-21(24)25)16-6-5-9-18(14-16)27-17-7-3-2-4-8-17/h2-12,14,19,21,27H,13H2,1H3,(H2,26,28). The van der Waals surface area contributed by atoms with E-state index in [-0.39, 0.29) is 18.3 Å². The van der Waals surface area contributed by atoms with E-state index in [1.807, 2.05) is 48.5 Å². The van der Waals surface area contributed by atoms with Crippen LogP contribution in [0, 0.1) is 0 Å². The largest absolute Gasteiger partial charge is 0.369 e. The number of halogens is 2. The van der Waals surface area contributed by atoms with E-state index in [1.165, 1.54) is 11.0 Å². The first-order chi connectivity index (χ1) is 14.9. The van der Waals surface area contributed by atoms with E-state index in [9.17, 15) is 13.6 Å². The van der Waals surface area contributed by atoms with Crippen molar-refractivity contribution >= 4 is 23.2 Å². The molecule has 1 amide bonds. The van der Waals surface area contributed by atoms with Gasteiger partial charge in [0.2, 0.25) is 0 Å². The minimum absolute atomic E-state index is 0.0895. The van der Waals surface area contributed by atoms with E-state index in [4.69, 9.17) is 5.73 Å². The number of hydrogen-bond donors (Lipinski definition) is 2. The number of carbonyl (C=O) groups is 1. The number of carbonyl (C=O) groups excluding carboxylic acids is 1. The maximum Gasteiger partial charge on any atom is 0.345 e. The number of aliphatic imine (C=N–C) groups is 1. The molecular weight excluding hydrogens is 402 g/mol. The minimum atomic E-state index is -2.87. The van der Waals surface area contributed by atoms with Gasteiger partial charge in [0.05, 0.1) is 6.10 Å². The van der Waals surface area contributed by atoms with Crippen LogP contribution < -0.4 is 11.1 Å². The van der Waals surface area contributed by atoms with Gasteiger partial charge in [0.1, 0.15) is 0 Å². The molecule has 0 radical (unpaired) electrons. The number of hydrogen-bond acceptors (Lipinski definition) is 5. The Balaban J connectivity index is 1.73. The molecule has 1 aliphatic carbocycles. The number of amides is 1. The summed E-state index contributed by atoms with van der Waals surface area (Å²) >= 11 is 0. The number of ether oxygens (including phenoxy) is 1. The normalized spacial score (nSPS) is 23.2. The number of nitrogens with zero attached hydrogens (tertiary/aromatic N) is 2. The summed E-state index contributed by atoms with van der Waals surface area (Å²) in [6, 6.07) is 17.0. The first kappa shape index (κ1) is 20.7. The molecule has 0 fully saturated rings. The van der Waals surface area contributed by atoms with Crippen LogP contribution in [0.15, 0.2) is 83.4 Å². The van der Waals surface area contributed by atoms with Gasteiger partial charge in [-0.15, -0.1) is 0 Å². The van der Waals surface area contributed by atoms with Gasteiger partial charge in [-0.25, -0.2) is 4.99 Å². The van der Waals surface area contributed by atoms with E-state index >= 15 is 0 Å². The maximum atomic E-state index is 13.4. The van der Waals surface area contributed by atoms with E-state index < -0.39 is 18.3 Å². The number of guanidine groups is 1. The molecule has 1 heterocycles. The molecule has 3 N–H and O–H groups in total. The fraction of sp³-hybridized carbons (Fsp3) is 0.217. The van der Waals surface area contributed by atoms with Crippen LogP contribution >= 0.6 is 0 Å². The number of anilines is 2. The number of nitrogens with two attached hydrogens (primary N) is 1.